The molecule has 1 saturated carbocycles. The molecule has 1 aliphatic rings. The van der Waals surface area contributed by atoms with E-state index in [1.165, 1.54) is 31.2 Å². The molecule has 3 heteroatoms. The molecule has 0 heterocycles. The maximum Gasteiger partial charge on any atom is 0.118 e. The number of rotatable bonds is 7. The Morgan fingerprint density at radius 1 is 1.21 bits per heavy atom. The molecule has 0 saturated heterocycles. The maximum absolute atomic E-state index is 6.03. The van der Waals surface area contributed by atoms with Crippen LogP contribution >= 0.6 is 0 Å². The third-order valence-electron chi connectivity index (χ3n) is 3.77. The van der Waals surface area contributed by atoms with Crippen molar-refractivity contribution in [3.8, 4) is 5.75 Å². The lowest BCUT2D eigenvalue weighted by Crippen LogP contribution is -2.27. The highest BCUT2D eigenvalue weighted by molar-refractivity contribution is 5.29. The molecule has 1 atom stereocenters. The second kappa shape index (κ2) is 7.51. The SMILES string of the molecule is CCNC(COC1CCCC1)c1ccc(OC)cc1. The zero-order chi connectivity index (χ0) is 13.5. The van der Waals surface area contributed by atoms with E-state index < -0.39 is 0 Å². The van der Waals surface area contributed by atoms with Crippen molar-refractivity contribution in [3.05, 3.63) is 29.8 Å². The van der Waals surface area contributed by atoms with E-state index in [9.17, 15) is 0 Å². The number of hydrogen-bond donors (Lipinski definition) is 1. The summed E-state index contributed by atoms with van der Waals surface area (Å²) in [6.07, 6.45) is 5.56. The first-order valence-electron chi connectivity index (χ1n) is 7.32. The Morgan fingerprint density at radius 3 is 2.47 bits per heavy atom. The van der Waals surface area contributed by atoms with Crippen molar-refractivity contribution in [2.75, 3.05) is 20.3 Å². The maximum atomic E-state index is 6.03. The van der Waals surface area contributed by atoms with E-state index in [0.29, 0.717) is 6.10 Å². The topological polar surface area (TPSA) is 30.5 Å². The number of ether oxygens (including phenoxy) is 2. The molecule has 0 spiro atoms. The van der Waals surface area contributed by atoms with Gasteiger partial charge in [0, 0.05) is 0 Å². The van der Waals surface area contributed by atoms with Crippen molar-refractivity contribution in [1.82, 2.24) is 5.32 Å². The molecule has 106 valence electrons. The average molecular weight is 263 g/mol. The number of methoxy groups -OCH3 is 1. The fourth-order valence-corrected chi connectivity index (χ4v) is 2.64. The summed E-state index contributed by atoms with van der Waals surface area (Å²) in [4.78, 5) is 0. The standard InChI is InChI=1S/C16H25NO2/c1-3-17-16(12-19-15-6-4-5-7-15)13-8-10-14(18-2)11-9-13/h8-11,15-17H,3-7,12H2,1-2H3. The Morgan fingerprint density at radius 2 is 1.89 bits per heavy atom. The highest BCUT2D eigenvalue weighted by atomic mass is 16.5. The molecule has 1 unspecified atom stereocenters. The zero-order valence-corrected chi connectivity index (χ0v) is 12.0. The van der Waals surface area contributed by atoms with E-state index in [1.54, 1.807) is 7.11 Å². The molecule has 0 amide bonds. The second-order valence-electron chi connectivity index (χ2n) is 5.12. The van der Waals surface area contributed by atoms with Gasteiger partial charge >= 0.3 is 0 Å². The predicted octanol–water partition coefficient (Wildman–Crippen LogP) is 3.31. The van der Waals surface area contributed by atoms with Gasteiger partial charge in [-0.2, -0.15) is 0 Å². The van der Waals surface area contributed by atoms with Crippen molar-refractivity contribution in [3.63, 3.8) is 0 Å². The fraction of sp³-hybridized carbons (Fsp3) is 0.625. The highest BCUT2D eigenvalue weighted by Gasteiger charge is 2.18. The minimum Gasteiger partial charge on any atom is -0.497 e. The third kappa shape index (κ3) is 4.22. The van der Waals surface area contributed by atoms with E-state index in [-0.39, 0.29) is 6.04 Å². The molecule has 0 radical (unpaired) electrons. The van der Waals surface area contributed by atoms with Crippen LogP contribution in [-0.4, -0.2) is 26.4 Å². The molecule has 1 fully saturated rings. The molecule has 1 aliphatic carbocycles. The first-order chi connectivity index (χ1) is 9.33. The molecular weight excluding hydrogens is 238 g/mol. The zero-order valence-electron chi connectivity index (χ0n) is 12.0. The van der Waals surface area contributed by atoms with Gasteiger partial charge in [0.2, 0.25) is 0 Å². The smallest absolute Gasteiger partial charge is 0.118 e. The normalized spacial score (nSPS) is 17.6. The molecule has 1 aromatic rings. The molecule has 1 aromatic carbocycles. The lowest BCUT2D eigenvalue weighted by atomic mass is 10.1. The van der Waals surface area contributed by atoms with Gasteiger partial charge in [0.25, 0.3) is 0 Å². The predicted molar refractivity (Wildman–Crippen MR) is 77.6 cm³/mol. The average Bonchev–Trinajstić information content (AvgIpc) is 2.97. The Hall–Kier alpha value is -1.06. The minimum atomic E-state index is 0.275. The highest BCUT2D eigenvalue weighted by Crippen LogP contribution is 2.23. The summed E-state index contributed by atoms with van der Waals surface area (Å²) >= 11 is 0. The molecular formula is C16H25NO2. The third-order valence-corrected chi connectivity index (χ3v) is 3.77. The van der Waals surface area contributed by atoms with Crippen molar-refractivity contribution in [1.29, 1.82) is 0 Å². The van der Waals surface area contributed by atoms with Crippen LogP contribution in [0.15, 0.2) is 24.3 Å². The summed E-state index contributed by atoms with van der Waals surface area (Å²) < 4.78 is 11.2. The quantitative estimate of drug-likeness (QED) is 0.818. The van der Waals surface area contributed by atoms with Gasteiger partial charge < -0.3 is 14.8 Å². The van der Waals surface area contributed by atoms with Gasteiger partial charge in [0.1, 0.15) is 5.75 Å². The molecule has 1 N–H and O–H groups in total. The van der Waals surface area contributed by atoms with Crippen molar-refractivity contribution < 1.29 is 9.47 Å². The van der Waals surface area contributed by atoms with Crippen LogP contribution in [0.3, 0.4) is 0 Å². The van der Waals surface area contributed by atoms with Crippen molar-refractivity contribution >= 4 is 0 Å². The summed E-state index contributed by atoms with van der Waals surface area (Å²) in [6.45, 7) is 3.83. The molecule has 3 nitrogen and oxygen atoms in total. The lowest BCUT2D eigenvalue weighted by molar-refractivity contribution is 0.0428. The van der Waals surface area contributed by atoms with E-state index in [0.717, 1.165) is 18.9 Å². The molecule has 0 aliphatic heterocycles. The lowest BCUT2D eigenvalue weighted by Gasteiger charge is -2.21. The first-order valence-corrected chi connectivity index (χ1v) is 7.32. The van der Waals surface area contributed by atoms with E-state index in [2.05, 4.69) is 24.4 Å². The largest absolute Gasteiger partial charge is 0.497 e. The van der Waals surface area contributed by atoms with Gasteiger partial charge in [-0.3, -0.25) is 0 Å². The van der Waals surface area contributed by atoms with Gasteiger partial charge in [-0.05, 0) is 37.1 Å². The van der Waals surface area contributed by atoms with Crippen LogP contribution in [0.1, 0.15) is 44.2 Å². The molecule has 19 heavy (non-hydrogen) atoms. The number of nitrogens with one attached hydrogen (secondary N) is 1. The Bertz CT molecular complexity index is 358. The fourth-order valence-electron chi connectivity index (χ4n) is 2.64. The number of likely N-dealkylation sites (N-methyl/N-ethyl adjacent to an activating group) is 1. The summed E-state index contributed by atoms with van der Waals surface area (Å²) in [5.41, 5.74) is 1.26. The van der Waals surface area contributed by atoms with Gasteiger partial charge in [-0.25, -0.2) is 0 Å². The molecule has 0 bridgehead atoms. The van der Waals surface area contributed by atoms with E-state index in [4.69, 9.17) is 9.47 Å². The van der Waals surface area contributed by atoms with Crippen molar-refractivity contribution in [2.45, 2.75) is 44.8 Å². The van der Waals surface area contributed by atoms with Crippen LogP contribution in [0.25, 0.3) is 0 Å². The van der Waals surface area contributed by atoms with E-state index >= 15 is 0 Å². The molecule has 0 aromatic heterocycles. The van der Waals surface area contributed by atoms with Crippen LogP contribution in [0.2, 0.25) is 0 Å². The minimum absolute atomic E-state index is 0.275. The monoisotopic (exact) mass is 263 g/mol. The second-order valence-corrected chi connectivity index (χ2v) is 5.12. The van der Waals surface area contributed by atoms with Crippen LogP contribution in [0.5, 0.6) is 5.75 Å². The number of benzene rings is 1. The van der Waals surface area contributed by atoms with Gasteiger partial charge in [0.05, 0.1) is 25.9 Å². The van der Waals surface area contributed by atoms with Gasteiger partial charge in [-0.15, -0.1) is 0 Å². The van der Waals surface area contributed by atoms with Gasteiger partial charge in [-0.1, -0.05) is 31.9 Å². The summed E-state index contributed by atoms with van der Waals surface area (Å²) in [5.74, 6) is 0.899. The van der Waals surface area contributed by atoms with Crippen molar-refractivity contribution in [2.24, 2.45) is 0 Å². The Kier molecular flexibility index (Phi) is 5.67. The summed E-state index contributed by atoms with van der Waals surface area (Å²) in [5, 5.41) is 3.49. The van der Waals surface area contributed by atoms with Crippen LogP contribution in [0.4, 0.5) is 0 Å². The van der Waals surface area contributed by atoms with Crippen LogP contribution < -0.4 is 10.1 Å². The summed E-state index contributed by atoms with van der Waals surface area (Å²) in [7, 11) is 1.69. The van der Waals surface area contributed by atoms with Crippen LogP contribution in [0, 0.1) is 0 Å². The van der Waals surface area contributed by atoms with Gasteiger partial charge in [0.15, 0.2) is 0 Å². The summed E-state index contributed by atoms with van der Waals surface area (Å²) in [6, 6.07) is 8.52. The Labute approximate surface area is 116 Å². The number of hydrogen-bond acceptors (Lipinski definition) is 3. The molecule has 2 rings (SSSR count). The van der Waals surface area contributed by atoms with E-state index in [1.807, 2.05) is 12.1 Å². The first kappa shape index (κ1) is 14.4. The van der Waals surface area contributed by atoms with Crippen LogP contribution in [-0.2, 0) is 4.74 Å². The Balaban J connectivity index is 1.92.